The number of guanidine groups is 1. The molecule has 0 amide bonds. The van der Waals surface area contributed by atoms with Crippen molar-refractivity contribution in [3.8, 4) is 0 Å². The van der Waals surface area contributed by atoms with E-state index in [0.29, 0.717) is 37.6 Å². The minimum absolute atomic E-state index is 0. The highest BCUT2D eigenvalue weighted by Crippen LogP contribution is 2.31. The molecule has 26 heavy (non-hydrogen) atoms. The number of alkyl halides is 3. The Hall–Kier alpha value is -1.03. The van der Waals surface area contributed by atoms with E-state index in [0.717, 1.165) is 6.07 Å². The van der Waals surface area contributed by atoms with Crippen molar-refractivity contribution in [1.29, 1.82) is 0 Å². The van der Waals surface area contributed by atoms with Gasteiger partial charge in [-0.25, -0.2) is 0 Å². The SMILES string of the molecule is CCNC(=NCC(C)CO)NCCC(C)c1cccc(C(F)(F)F)c1.I. The second kappa shape index (κ2) is 12.4. The van der Waals surface area contributed by atoms with E-state index in [4.69, 9.17) is 5.11 Å². The van der Waals surface area contributed by atoms with Crippen LogP contribution in [-0.2, 0) is 6.18 Å². The third-order valence-electron chi connectivity index (χ3n) is 3.87. The molecule has 1 aromatic rings. The van der Waals surface area contributed by atoms with Gasteiger partial charge in [0.2, 0.25) is 0 Å². The minimum Gasteiger partial charge on any atom is -0.396 e. The molecule has 8 heteroatoms. The van der Waals surface area contributed by atoms with Gasteiger partial charge in [0, 0.05) is 26.2 Å². The highest BCUT2D eigenvalue weighted by atomic mass is 127. The predicted octanol–water partition coefficient (Wildman–Crippen LogP) is 4.00. The van der Waals surface area contributed by atoms with E-state index in [1.54, 1.807) is 6.07 Å². The molecule has 2 unspecified atom stereocenters. The second-order valence-electron chi connectivity index (χ2n) is 6.25. The monoisotopic (exact) mass is 487 g/mol. The maximum absolute atomic E-state index is 12.8. The van der Waals surface area contributed by atoms with Crippen molar-refractivity contribution < 1.29 is 18.3 Å². The molecular weight excluding hydrogens is 458 g/mol. The Labute approximate surface area is 170 Å². The van der Waals surface area contributed by atoms with Crippen LogP contribution in [0.15, 0.2) is 29.3 Å². The van der Waals surface area contributed by atoms with Gasteiger partial charge >= 0.3 is 6.18 Å². The number of hydrogen-bond acceptors (Lipinski definition) is 2. The van der Waals surface area contributed by atoms with Crippen molar-refractivity contribution >= 4 is 29.9 Å². The van der Waals surface area contributed by atoms with Crippen molar-refractivity contribution in [3.05, 3.63) is 35.4 Å². The summed E-state index contributed by atoms with van der Waals surface area (Å²) in [6, 6.07) is 5.48. The molecule has 4 nitrogen and oxygen atoms in total. The maximum atomic E-state index is 12.8. The predicted molar refractivity (Wildman–Crippen MR) is 110 cm³/mol. The molecule has 1 aromatic carbocycles. The van der Waals surface area contributed by atoms with Crippen LogP contribution in [-0.4, -0.2) is 37.3 Å². The molecule has 150 valence electrons. The summed E-state index contributed by atoms with van der Waals surface area (Å²) >= 11 is 0. The Morgan fingerprint density at radius 1 is 1.23 bits per heavy atom. The first-order valence-electron chi connectivity index (χ1n) is 8.58. The fraction of sp³-hybridized carbons (Fsp3) is 0.611. The molecule has 0 aliphatic carbocycles. The lowest BCUT2D eigenvalue weighted by Crippen LogP contribution is -2.38. The molecule has 0 aliphatic heterocycles. The van der Waals surface area contributed by atoms with E-state index >= 15 is 0 Å². The number of nitrogens with zero attached hydrogens (tertiary/aromatic N) is 1. The number of hydrogen-bond donors (Lipinski definition) is 3. The standard InChI is InChI=1S/C18H28F3N3O.HI/c1-4-22-17(24-11-13(2)12-25)23-9-8-14(3)15-6-5-7-16(10-15)18(19,20)21;/h5-7,10,13-14,25H,4,8-9,11-12H2,1-3H3,(H2,22,23,24);1H. The fourth-order valence-corrected chi connectivity index (χ4v) is 2.24. The molecule has 3 N–H and O–H groups in total. The number of nitrogens with one attached hydrogen (secondary N) is 2. The van der Waals surface area contributed by atoms with Crippen LogP contribution in [0.4, 0.5) is 13.2 Å². The topological polar surface area (TPSA) is 56.7 Å². The van der Waals surface area contributed by atoms with Crippen LogP contribution < -0.4 is 10.6 Å². The third-order valence-corrected chi connectivity index (χ3v) is 3.87. The van der Waals surface area contributed by atoms with Crippen LogP contribution >= 0.6 is 24.0 Å². The van der Waals surface area contributed by atoms with Crippen molar-refractivity contribution in [2.45, 2.75) is 39.3 Å². The molecular formula is C18H29F3IN3O. The number of aliphatic hydroxyl groups excluding tert-OH is 1. The second-order valence-corrected chi connectivity index (χ2v) is 6.25. The van der Waals surface area contributed by atoms with Gasteiger partial charge in [-0.05, 0) is 36.8 Å². The van der Waals surface area contributed by atoms with E-state index in [9.17, 15) is 13.2 Å². The average Bonchev–Trinajstić information content (AvgIpc) is 2.58. The number of halogens is 4. The molecule has 0 bridgehead atoms. The van der Waals surface area contributed by atoms with E-state index < -0.39 is 11.7 Å². The summed E-state index contributed by atoms with van der Waals surface area (Å²) in [5.74, 6) is 0.729. The zero-order valence-electron chi connectivity index (χ0n) is 15.4. The van der Waals surface area contributed by atoms with E-state index in [1.807, 2.05) is 20.8 Å². The van der Waals surface area contributed by atoms with Crippen LogP contribution in [0.2, 0.25) is 0 Å². The van der Waals surface area contributed by atoms with Gasteiger partial charge in [0.05, 0.1) is 5.56 Å². The molecule has 0 aliphatic rings. The molecule has 0 fully saturated rings. The van der Waals surface area contributed by atoms with Crippen molar-refractivity contribution in [1.82, 2.24) is 10.6 Å². The number of benzene rings is 1. The van der Waals surface area contributed by atoms with Crippen LogP contribution in [0.1, 0.15) is 44.2 Å². The van der Waals surface area contributed by atoms with Gasteiger partial charge in [-0.1, -0.05) is 32.0 Å². The number of aliphatic imine (C=N–C) groups is 1. The quantitative estimate of drug-likeness (QED) is 0.295. The van der Waals surface area contributed by atoms with Crippen LogP contribution in [0, 0.1) is 5.92 Å². The molecule has 0 radical (unpaired) electrons. The first kappa shape index (κ1) is 25.0. The smallest absolute Gasteiger partial charge is 0.396 e. The first-order chi connectivity index (χ1) is 11.8. The van der Waals surface area contributed by atoms with Gasteiger partial charge in [-0.2, -0.15) is 13.2 Å². The fourth-order valence-electron chi connectivity index (χ4n) is 2.24. The molecule has 0 aromatic heterocycles. The zero-order chi connectivity index (χ0) is 18.9. The molecule has 0 saturated heterocycles. The summed E-state index contributed by atoms with van der Waals surface area (Å²) in [5.41, 5.74) is 0.0603. The van der Waals surface area contributed by atoms with Gasteiger partial charge in [-0.15, -0.1) is 24.0 Å². The van der Waals surface area contributed by atoms with Crippen molar-refractivity contribution in [2.24, 2.45) is 10.9 Å². The Kier molecular flexibility index (Phi) is 11.9. The molecule has 0 heterocycles. The summed E-state index contributed by atoms with van der Waals surface area (Å²) in [4.78, 5) is 4.39. The normalized spacial score (nSPS) is 14.3. The maximum Gasteiger partial charge on any atom is 0.416 e. The van der Waals surface area contributed by atoms with Gasteiger partial charge in [0.25, 0.3) is 0 Å². The van der Waals surface area contributed by atoms with Gasteiger partial charge < -0.3 is 15.7 Å². The van der Waals surface area contributed by atoms with Crippen LogP contribution in [0.5, 0.6) is 0 Å². The molecule has 0 spiro atoms. The zero-order valence-corrected chi connectivity index (χ0v) is 17.8. The highest BCUT2D eigenvalue weighted by Gasteiger charge is 2.30. The van der Waals surface area contributed by atoms with E-state index in [1.165, 1.54) is 12.1 Å². The van der Waals surface area contributed by atoms with E-state index in [-0.39, 0.29) is 42.4 Å². The van der Waals surface area contributed by atoms with Gasteiger partial charge in [0.1, 0.15) is 0 Å². The Balaban J connectivity index is 0.00000625. The Morgan fingerprint density at radius 2 is 1.92 bits per heavy atom. The Bertz CT molecular complexity index is 553. The molecule has 2 atom stereocenters. The van der Waals surface area contributed by atoms with Gasteiger partial charge in [0.15, 0.2) is 5.96 Å². The lowest BCUT2D eigenvalue weighted by molar-refractivity contribution is -0.137. The largest absolute Gasteiger partial charge is 0.416 e. The Morgan fingerprint density at radius 3 is 2.50 bits per heavy atom. The molecule has 0 saturated carbocycles. The summed E-state index contributed by atoms with van der Waals surface area (Å²) in [7, 11) is 0. The van der Waals surface area contributed by atoms with Gasteiger partial charge in [-0.3, -0.25) is 4.99 Å². The number of rotatable bonds is 8. The summed E-state index contributed by atoms with van der Waals surface area (Å²) in [6.07, 6.45) is -3.64. The summed E-state index contributed by atoms with van der Waals surface area (Å²) in [6.45, 7) is 7.67. The minimum atomic E-state index is -4.32. The van der Waals surface area contributed by atoms with Crippen LogP contribution in [0.25, 0.3) is 0 Å². The lowest BCUT2D eigenvalue weighted by atomic mass is 9.96. The lowest BCUT2D eigenvalue weighted by Gasteiger charge is -2.17. The summed E-state index contributed by atoms with van der Waals surface area (Å²) < 4.78 is 38.4. The third kappa shape index (κ3) is 9.07. The van der Waals surface area contributed by atoms with Crippen LogP contribution in [0.3, 0.4) is 0 Å². The van der Waals surface area contributed by atoms with Crippen molar-refractivity contribution in [2.75, 3.05) is 26.2 Å². The van der Waals surface area contributed by atoms with E-state index in [2.05, 4.69) is 15.6 Å². The molecule has 1 rings (SSSR count). The number of aliphatic hydroxyl groups is 1. The van der Waals surface area contributed by atoms with Crippen molar-refractivity contribution in [3.63, 3.8) is 0 Å². The highest BCUT2D eigenvalue weighted by molar-refractivity contribution is 14.0. The first-order valence-corrected chi connectivity index (χ1v) is 8.58. The summed E-state index contributed by atoms with van der Waals surface area (Å²) in [5, 5.41) is 15.3. The average molecular weight is 487 g/mol.